The first-order valence-corrected chi connectivity index (χ1v) is 10.0. The van der Waals surface area contributed by atoms with Gasteiger partial charge in [0.2, 0.25) is 5.91 Å². The number of hydrogen-bond donors (Lipinski definition) is 1. The number of rotatable bonds is 4. The van der Waals surface area contributed by atoms with E-state index in [1.165, 1.54) is 6.07 Å². The number of benzene rings is 2. The average molecular weight is 415 g/mol. The number of carbonyl (C=O) groups is 1. The summed E-state index contributed by atoms with van der Waals surface area (Å²) in [4.78, 5) is 17.3. The van der Waals surface area contributed by atoms with Crippen LogP contribution in [-0.4, -0.2) is 38.1 Å². The van der Waals surface area contributed by atoms with E-state index in [4.69, 9.17) is 0 Å². The first-order valence-electron chi connectivity index (χ1n) is 10.0. The number of carbonyl (C=O) groups excluding carboxylic acids is 1. The number of fused-ring (bicyclic) bond motifs is 3. The SMILES string of the molecule is C=CCNC(=O)[C@H]1Cc2cc(C(F)(F)F)ccc2N2CCN(c3ccccc3)C[C@H]12. The second kappa shape index (κ2) is 8.05. The van der Waals surface area contributed by atoms with Crippen molar-refractivity contribution in [3.05, 3.63) is 72.3 Å². The Bertz CT molecular complexity index is 929. The van der Waals surface area contributed by atoms with Crippen molar-refractivity contribution < 1.29 is 18.0 Å². The molecule has 2 aliphatic rings. The van der Waals surface area contributed by atoms with Gasteiger partial charge in [0, 0.05) is 37.6 Å². The number of alkyl halides is 3. The van der Waals surface area contributed by atoms with Gasteiger partial charge in [-0.2, -0.15) is 13.2 Å². The molecule has 30 heavy (non-hydrogen) atoms. The number of hydrogen-bond acceptors (Lipinski definition) is 3. The molecule has 7 heteroatoms. The lowest BCUT2D eigenvalue weighted by Crippen LogP contribution is -2.61. The summed E-state index contributed by atoms with van der Waals surface area (Å²) in [5.74, 6) is -0.588. The van der Waals surface area contributed by atoms with Gasteiger partial charge in [0.05, 0.1) is 17.5 Å². The van der Waals surface area contributed by atoms with Crippen molar-refractivity contribution in [2.45, 2.75) is 18.6 Å². The van der Waals surface area contributed by atoms with E-state index in [0.29, 0.717) is 25.2 Å². The van der Waals surface area contributed by atoms with E-state index in [0.717, 1.165) is 24.0 Å². The monoisotopic (exact) mass is 415 g/mol. The summed E-state index contributed by atoms with van der Waals surface area (Å²) in [6.45, 7) is 5.98. The Hall–Kier alpha value is -2.96. The highest BCUT2D eigenvalue weighted by atomic mass is 19.4. The number of halogens is 3. The topological polar surface area (TPSA) is 35.6 Å². The van der Waals surface area contributed by atoms with Gasteiger partial charge in [-0.25, -0.2) is 0 Å². The van der Waals surface area contributed by atoms with Gasteiger partial charge in [0.25, 0.3) is 0 Å². The molecule has 4 nitrogen and oxygen atoms in total. The van der Waals surface area contributed by atoms with E-state index < -0.39 is 17.7 Å². The fraction of sp³-hybridized carbons (Fsp3) is 0.348. The zero-order valence-corrected chi connectivity index (χ0v) is 16.5. The molecule has 0 unspecified atom stereocenters. The van der Waals surface area contributed by atoms with Crippen molar-refractivity contribution in [1.82, 2.24) is 5.32 Å². The Kier molecular flexibility index (Phi) is 5.45. The third kappa shape index (κ3) is 3.88. The van der Waals surface area contributed by atoms with Crippen LogP contribution in [0.4, 0.5) is 24.5 Å². The predicted octanol–water partition coefficient (Wildman–Crippen LogP) is 3.88. The number of nitrogens with one attached hydrogen (secondary N) is 1. The molecule has 1 fully saturated rings. The minimum atomic E-state index is -4.40. The van der Waals surface area contributed by atoms with Gasteiger partial charge in [0.1, 0.15) is 0 Å². The van der Waals surface area contributed by atoms with Crippen molar-refractivity contribution in [1.29, 1.82) is 0 Å². The molecule has 2 atom stereocenters. The summed E-state index contributed by atoms with van der Waals surface area (Å²) in [6, 6.07) is 13.8. The molecule has 1 N–H and O–H groups in total. The zero-order valence-electron chi connectivity index (χ0n) is 16.5. The Labute approximate surface area is 174 Å². The van der Waals surface area contributed by atoms with Gasteiger partial charge in [-0.3, -0.25) is 4.79 Å². The van der Waals surface area contributed by atoms with E-state index in [1.807, 2.05) is 30.3 Å². The smallest absolute Gasteiger partial charge is 0.368 e. The quantitative estimate of drug-likeness (QED) is 0.770. The summed E-state index contributed by atoms with van der Waals surface area (Å²) in [6.07, 6.45) is -2.52. The van der Waals surface area contributed by atoms with Crippen LogP contribution in [0.3, 0.4) is 0 Å². The minimum Gasteiger partial charge on any atom is -0.368 e. The molecular formula is C23H24F3N3O. The molecule has 158 valence electrons. The van der Waals surface area contributed by atoms with Gasteiger partial charge in [-0.1, -0.05) is 24.3 Å². The molecule has 2 heterocycles. The van der Waals surface area contributed by atoms with Gasteiger partial charge in [-0.15, -0.1) is 6.58 Å². The Morgan fingerprint density at radius 2 is 1.93 bits per heavy atom. The van der Waals surface area contributed by atoms with Gasteiger partial charge in [0.15, 0.2) is 0 Å². The average Bonchev–Trinajstić information content (AvgIpc) is 2.76. The molecule has 0 spiro atoms. The third-order valence-corrected chi connectivity index (χ3v) is 5.92. The minimum absolute atomic E-state index is 0.118. The summed E-state index contributed by atoms with van der Waals surface area (Å²) in [7, 11) is 0. The summed E-state index contributed by atoms with van der Waals surface area (Å²) in [5.41, 5.74) is 1.79. The van der Waals surface area contributed by atoms with Crippen LogP contribution in [0.15, 0.2) is 61.2 Å². The maximum absolute atomic E-state index is 13.2. The number of nitrogens with zero attached hydrogens (tertiary/aromatic N) is 2. The molecule has 0 aliphatic carbocycles. The molecule has 0 aromatic heterocycles. The maximum Gasteiger partial charge on any atom is 0.416 e. The highest BCUT2D eigenvalue weighted by molar-refractivity contribution is 5.82. The largest absolute Gasteiger partial charge is 0.416 e. The van der Waals surface area contributed by atoms with Crippen LogP contribution in [0.2, 0.25) is 0 Å². The summed E-state index contributed by atoms with van der Waals surface area (Å²) in [5, 5.41) is 2.84. The van der Waals surface area contributed by atoms with Gasteiger partial charge >= 0.3 is 6.18 Å². The molecule has 2 aromatic carbocycles. The summed E-state index contributed by atoms with van der Waals surface area (Å²) >= 11 is 0. The fourth-order valence-corrected chi connectivity index (χ4v) is 4.48. The Balaban J connectivity index is 1.68. The number of amides is 1. The second-order valence-corrected chi connectivity index (χ2v) is 7.73. The van der Waals surface area contributed by atoms with Gasteiger partial charge in [-0.05, 0) is 42.3 Å². The van der Waals surface area contributed by atoms with Crippen LogP contribution in [0.25, 0.3) is 0 Å². The van der Waals surface area contributed by atoms with E-state index >= 15 is 0 Å². The van der Waals surface area contributed by atoms with Crippen molar-refractivity contribution in [2.24, 2.45) is 5.92 Å². The van der Waals surface area contributed by atoms with E-state index in [9.17, 15) is 18.0 Å². The summed E-state index contributed by atoms with van der Waals surface area (Å²) < 4.78 is 39.7. The first kappa shape index (κ1) is 20.3. The lowest BCUT2D eigenvalue weighted by molar-refractivity contribution is -0.137. The van der Waals surface area contributed by atoms with Crippen molar-refractivity contribution >= 4 is 17.3 Å². The Morgan fingerprint density at radius 1 is 1.17 bits per heavy atom. The van der Waals surface area contributed by atoms with Crippen LogP contribution in [-0.2, 0) is 17.4 Å². The lowest BCUT2D eigenvalue weighted by atomic mass is 9.82. The van der Waals surface area contributed by atoms with Crippen LogP contribution in [0, 0.1) is 5.92 Å². The highest BCUT2D eigenvalue weighted by Gasteiger charge is 2.42. The number of para-hydroxylation sites is 1. The Morgan fingerprint density at radius 3 is 2.63 bits per heavy atom. The maximum atomic E-state index is 13.2. The fourth-order valence-electron chi connectivity index (χ4n) is 4.48. The first-order chi connectivity index (χ1) is 14.4. The van der Waals surface area contributed by atoms with Crippen LogP contribution < -0.4 is 15.1 Å². The molecule has 1 saturated heterocycles. The van der Waals surface area contributed by atoms with Crippen LogP contribution in [0.1, 0.15) is 11.1 Å². The number of anilines is 2. The molecule has 1 amide bonds. The van der Waals surface area contributed by atoms with Crippen molar-refractivity contribution in [3.8, 4) is 0 Å². The van der Waals surface area contributed by atoms with Crippen molar-refractivity contribution in [2.75, 3.05) is 36.0 Å². The van der Waals surface area contributed by atoms with E-state index in [1.54, 1.807) is 12.1 Å². The molecule has 0 radical (unpaired) electrons. The number of piperazine rings is 1. The lowest BCUT2D eigenvalue weighted by Gasteiger charge is -2.49. The van der Waals surface area contributed by atoms with Crippen molar-refractivity contribution in [3.63, 3.8) is 0 Å². The molecule has 4 rings (SSSR count). The third-order valence-electron chi connectivity index (χ3n) is 5.92. The normalized spacial score (nSPS) is 20.9. The van der Waals surface area contributed by atoms with E-state index in [-0.39, 0.29) is 18.4 Å². The second-order valence-electron chi connectivity index (χ2n) is 7.73. The predicted molar refractivity (Wildman–Crippen MR) is 112 cm³/mol. The standard InChI is InChI=1S/C23H24F3N3O/c1-2-10-27-22(30)19-14-16-13-17(23(24,25)26)8-9-20(16)29-12-11-28(15-21(19)29)18-6-4-3-5-7-18/h2-9,13,19,21H,1,10-12,14-15H2,(H,27,30)/t19-,21+/m0/s1. The molecule has 2 aromatic rings. The molecular weight excluding hydrogens is 391 g/mol. The van der Waals surface area contributed by atoms with Crippen LogP contribution in [0.5, 0.6) is 0 Å². The molecule has 2 aliphatic heterocycles. The highest BCUT2D eigenvalue weighted by Crippen LogP contribution is 2.40. The molecule has 0 saturated carbocycles. The van der Waals surface area contributed by atoms with E-state index in [2.05, 4.69) is 21.7 Å². The van der Waals surface area contributed by atoms with Crippen LogP contribution >= 0.6 is 0 Å². The molecule has 0 bridgehead atoms. The van der Waals surface area contributed by atoms with Gasteiger partial charge < -0.3 is 15.1 Å². The zero-order chi connectivity index (χ0) is 21.3.